The van der Waals surface area contributed by atoms with Crippen LogP contribution in [-0.4, -0.2) is 45.6 Å². The summed E-state index contributed by atoms with van der Waals surface area (Å²) in [5.74, 6) is 0.122. The molecule has 1 aliphatic heterocycles. The second-order valence-electron chi connectivity index (χ2n) is 7.81. The predicted molar refractivity (Wildman–Crippen MR) is 98.1 cm³/mol. The average Bonchev–Trinajstić information content (AvgIpc) is 3.10. The summed E-state index contributed by atoms with van der Waals surface area (Å²) in [4.78, 5) is 26.1. The van der Waals surface area contributed by atoms with Gasteiger partial charge in [-0.05, 0) is 23.8 Å². The SMILES string of the molecule is C=CC(=O)N[C@@H]1CN(C(=O)CCn2cc(Cl)cn2)C[C@H]1CC(C)(C)C. The average molecular weight is 367 g/mol. The molecule has 0 spiro atoms. The van der Waals surface area contributed by atoms with E-state index >= 15 is 0 Å². The Labute approximate surface area is 154 Å². The van der Waals surface area contributed by atoms with Crippen molar-refractivity contribution in [2.75, 3.05) is 13.1 Å². The van der Waals surface area contributed by atoms with Crippen LogP contribution in [0.2, 0.25) is 5.02 Å². The van der Waals surface area contributed by atoms with Gasteiger partial charge in [-0.1, -0.05) is 39.0 Å². The minimum absolute atomic E-state index is 0.0344. The fourth-order valence-corrected chi connectivity index (χ4v) is 3.46. The number of rotatable bonds is 6. The molecule has 0 unspecified atom stereocenters. The lowest BCUT2D eigenvalue weighted by molar-refractivity contribution is -0.130. The lowest BCUT2D eigenvalue weighted by Crippen LogP contribution is -2.41. The Morgan fingerprint density at radius 3 is 2.72 bits per heavy atom. The van der Waals surface area contributed by atoms with Crippen molar-refractivity contribution in [3.05, 3.63) is 30.1 Å². The van der Waals surface area contributed by atoms with Gasteiger partial charge in [-0.15, -0.1) is 0 Å². The van der Waals surface area contributed by atoms with Crippen molar-refractivity contribution in [2.24, 2.45) is 11.3 Å². The standard InChI is InChI=1S/C18H27ClN4O2/c1-5-16(24)21-15-12-22(10-13(15)8-18(2,3)4)17(25)6-7-23-11-14(19)9-20-23/h5,9,11,13,15H,1,6-8,10,12H2,2-4H3,(H,21,24)/t13-,15-/m1/s1. The highest BCUT2D eigenvalue weighted by atomic mass is 35.5. The van der Waals surface area contributed by atoms with E-state index < -0.39 is 0 Å². The van der Waals surface area contributed by atoms with E-state index in [4.69, 9.17) is 11.6 Å². The number of nitrogens with zero attached hydrogens (tertiary/aromatic N) is 3. The van der Waals surface area contributed by atoms with E-state index in [1.807, 2.05) is 4.90 Å². The second kappa shape index (κ2) is 8.04. The van der Waals surface area contributed by atoms with Crippen molar-refractivity contribution in [3.8, 4) is 0 Å². The van der Waals surface area contributed by atoms with Gasteiger partial charge in [-0.25, -0.2) is 0 Å². The molecule has 2 rings (SSSR count). The van der Waals surface area contributed by atoms with Gasteiger partial charge in [-0.3, -0.25) is 14.3 Å². The molecule has 1 N–H and O–H groups in total. The first-order valence-electron chi connectivity index (χ1n) is 8.56. The molecule has 138 valence electrons. The number of halogens is 1. The van der Waals surface area contributed by atoms with E-state index in [1.165, 1.54) is 6.08 Å². The number of aromatic nitrogens is 2. The number of nitrogens with one attached hydrogen (secondary N) is 1. The van der Waals surface area contributed by atoms with Crippen LogP contribution >= 0.6 is 11.6 Å². The fraction of sp³-hybridized carbons (Fsp3) is 0.611. The van der Waals surface area contributed by atoms with Crippen molar-refractivity contribution in [3.63, 3.8) is 0 Å². The van der Waals surface area contributed by atoms with Crippen LogP contribution in [-0.2, 0) is 16.1 Å². The molecule has 1 aromatic rings. The van der Waals surface area contributed by atoms with Crippen LogP contribution in [0.15, 0.2) is 25.0 Å². The molecule has 25 heavy (non-hydrogen) atoms. The maximum Gasteiger partial charge on any atom is 0.243 e. The third kappa shape index (κ3) is 5.88. The number of likely N-dealkylation sites (tertiary alicyclic amines) is 1. The monoisotopic (exact) mass is 366 g/mol. The van der Waals surface area contributed by atoms with E-state index in [0.29, 0.717) is 31.1 Å². The van der Waals surface area contributed by atoms with Gasteiger partial charge < -0.3 is 10.2 Å². The highest BCUT2D eigenvalue weighted by Gasteiger charge is 2.37. The molecule has 0 saturated carbocycles. The summed E-state index contributed by atoms with van der Waals surface area (Å²) in [6, 6.07) is -0.0344. The first kappa shape index (κ1) is 19.5. The van der Waals surface area contributed by atoms with E-state index in [9.17, 15) is 9.59 Å². The number of amides is 2. The van der Waals surface area contributed by atoms with Crippen LogP contribution in [0.5, 0.6) is 0 Å². The van der Waals surface area contributed by atoms with Gasteiger partial charge in [0.15, 0.2) is 0 Å². The molecule has 0 aromatic carbocycles. The van der Waals surface area contributed by atoms with Crippen LogP contribution in [0.3, 0.4) is 0 Å². The minimum atomic E-state index is -0.190. The van der Waals surface area contributed by atoms with Crippen LogP contribution in [0, 0.1) is 11.3 Å². The first-order chi connectivity index (χ1) is 11.7. The van der Waals surface area contributed by atoms with Gasteiger partial charge in [0.1, 0.15) is 0 Å². The van der Waals surface area contributed by atoms with Crippen LogP contribution < -0.4 is 5.32 Å². The number of carbonyl (C=O) groups is 2. The summed E-state index contributed by atoms with van der Waals surface area (Å²) in [6.45, 7) is 11.7. The largest absolute Gasteiger partial charge is 0.348 e. The number of hydrogen-bond donors (Lipinski definition) is 1. The first-order valence-corrected chi connectivity index (χ1v) is 8.94. The van der Waals surface area contributed by atoms with Gasteiger partial charge in [0.2, 0.25) is 11.8 Å². The zero-order valence-corrected chi connectivity index (χ0v) is 15.9. The molecule has 1 saturated heterocycles. The molecule has 2 amide bonds. The Bertz CT molecular complexity index is 635. The van der Waals surface area contributed by atoms with Crippen molar-refractivity contribution in [1.82, 2.24) is 20.0 Å². The summed E-state index contributed by atoms with van der Waals surface area (Å²) in [5.41, 5.74) is 0.132. The number of aryl methyl sites for hydroxylation is 1. The topological polar surface area (TPSA) is 67.2 Å². The summed E-state index contributed by atoms with van der Waals surface area (Å²) >= 11 is 5.84. The highest BCUT2D eigenvalue weighted by molar-refractivity contribution is 6.30. The maximum atomic E-state index is 12.6. The van der Waals surface area contributed by atoms with Gasteiger partial charge in [-0.2, -0.15) is 5.10 Å². The van der Waals surface area contributed by atoms with E-state index in [0.717, 1.165) is 6.42 Å². The van der Waals surface area contributed by atoms with Gasteiger partial charge >= 0.3 is 0 Å². The summed E-state index contributed by atoms with van der Waals surface area (Å²) in [5, 5.41) is 7.63. The normalized spacial score (nSPS) is 20.6. The molecule has 1 fully saturated rings. The smallest absolute Gasteiger partial charge is 0.243 e. The van der Waals surface area contributed by atoms with E-state index in [2.05, 4.69) is 37.8 Å². The Kier molecular flexibility index (Phi) is 6.27. The fourth-order valence-electron chi connectivity index (χ4n) is 3.30. The molecular weight excluding hydrogens is 340 g/mol. The molecule has 2 atom stereocenters. The highest BCUT2D eigenvalue weighted by Crippen LogP contribution is 2.31. The molecule has 7 heteroatoms. The third-order valence-corrected chi connectivity index (χ3v) is 4.53. The zero-order chi connectivity index (χ0) is 18.6. The summed E-state index contributed by atoms with van der Waals surface area (Å²) in [7, 11) is 0. The minimum Gasteiger partial charge on any atom is -0.348 e. The molecule has 6 nitrogen and oxygen atoms in total. The molecule has 0 radical (unpaired) electrons. The van der Waals surface area contributed by atoms with Crippen LogP contribution in [0.1, 0.15) is 33.6 Å². The van der Waals surface area contributed by atoms with Gasteiger partial charge in [0, 0.05) is 32.3 Å². The molecule has 0 bridgehead atoms. The Morgan fingerprint density at radius 1 is 1.44 bits per heavy atom. The third-order valence-electron chi connectivity index (χ3n) is 4.34. The van der Waals surface area contributed by atoms with E-state index in [-0.39, 0.29) is 29.2 Å². The van der Waals surface area contributed by atoms with Crippen molar-refractivity contribution >= 4 is 23.4 Å². The molecule has 1 aliphatic rings. The Balaban J connectivity index is 1.96. The van der Waals surface area contributed by atoms with Gasteiger partial charge in [0.05, 0.1) is 17.3 Å². The number of hydrogen-bond acceptors (Lipinski definition) is 3. The van der Waals surface area contributed by atoms with Crippen LogP contribution in [0.4, 0.5) is 0 Å². The predicted octanol–water partition coefficient (Wildman–Crippen LogP) is 2.49. The summed E-state index contributed by atoms with van der Waals surface area (Å²) < 4.78 is 1.67. The Hall–Kier alpha value is -1.82. The second-order valence-corrected chi connectivity index (χ2v) is 8.25. The molecule has 0 aliphatic carbocycles. The molecule has 2 heterocycles. The lowest BCUT2D eigenvalue weighted by Gasteiger charge is -2.26. The van der Waals surface area contributed by atoms with Crippen molar-refractivity contribution < 1.29 is 9.59 Å². The zero-order valence-electron chi connectivity index (χ0n) is 15.2. The van der Waals surface area contributed by atoms with Gasteiger partial charge in [0.25, 0.3) is 0 Å². The summed E-state index contributed by atoms with van der Waals surface area (Å²) in [6.07, 6.45) is 5.84. The van der Waals surface area contributed by atoms with Crippen LogP contribution in [0.25, 0.3) is 0 Å². The quantitative estimate of drug-likeness (QED) is 0.786. The lowest BCUT2D eigenvalue weighted by atomic mass is 9.82. The molecule has 1 aromatic heterocycles. The maximum absolute atomic E-state index is 12.6. The van der Waals surface area contributed by atoms with Crippen molar-refractivity contribution in [1.29, 1.82) is 0 Å². The van der Waals surface area contributed by atoms with Crippen molar-refractivity contribution in [2.45, 2.75) is 46.2 Å². The molecular formula is C18H27ClN4O2. The number of carbonyl (C=O) groups excluding carboxylic acids is 2. The Morgan fingerprint density at radius 2 is 2.16 bits per heavy atom. The van der Waals surface area contributed by atoms with E-state index in [1.54, 1.807) is 17.1 Å².